The van der Waals surface area contributed by atoms with Crippen molar-refractivity contribution >= 4 is 28.1 Å². The van der Waals surface area contributed by atoms with E-state index in [0.29, 0.717) is 0 Å². The number of benzene rings is 3. The fourth-order valence-electron chi connectivity index (χ4n) is 3.01. The summed E-state index contributed by atoms with van der Waals surface area (Å²) in [6, 6.07) is 19.8. The van der Waals surface area contributed by atoms with E-state index < -0.39 is 0 Å². The molecule has 1 aliphatic rings. The van der Waals surface area contributed by atoms with Gasteiger partial charge in [0.05, 0.1) is 18.5 Å². The molecule has 1 N–H and O–H groups in total. The van der Waals surface area contributed by atoms with Gasteiger partial charge in [-0.05, 0) is 29.7 Å². The summed E-state index contributed by atoms with van der Waals surface area (Å²) in [6.07, 6.45) is 0. The molecule has 0 unspecified atom stereocenters. The van der Waals surface area contributed by atoms with Crippen LogP contribution in [-0.2, 0) is 4.79 Å². The van der Waals surface area contributed by atoms with Gasteiger partial charge in [0.2, 0.25) is 5.91 Å². The lowest BCUT2D eigenvalue weighted by Gasteiger charge is -2.13. The third kappa shape index (κ3) is 2.42. The Morgan fingerprint density at radius 3 is 2.58 bits per heavy atom. The van der Waals surface area contributed by atoms with Gasteiger partial charge >= 0.3 is 0 Å². The largest absolute Gasteiger partial charge is 0.497 e. The average molecular weight is 316 g/mol. The Balaban J connectivity index is 1.93. The third-order valence-electron chi connectivity index (χ3n) is 4.19. The quantitative estimate of drug-likeness (QED) is 0.785. The zero-order valence-corrected chi connectivity index (χ0v) is 13.2. The van der Waals surface area contributed by atoms with Gasteiger partial charge in [-0.15, -0.1) is 0 Å². The average Bonchev–Trinajstić information content (AvgIpc) is 2.80. The summed E-state index contributed by atoms with van der Waals surface area (Å²) < 4.78 is 5.22. The monoisotopic (exact) mass is 316 g/mol. The molecule has 0 saturated carbocycles. The van der Waals surface area contributed by atoms with Crippen LogP contribution in [0.3, 0.4) is 0 Å². The first-order valence-electron chi connectivity index (χ1n) is 7.77. The molecule has 0 bridgehead atoms. The number of nitrogens with zero attached hydrogens (tertiary/aromatic N) is 1. The number of amides is 1. The van der Waals surface area contributed by atoms with Gasteiger partial charge in [0.15, 0.2) is 0 Å². The highest BCUT2D eigenvalue weighted by Gasteiger charge is 2.19. The number of nitrogens with one attached hydrogen (secondary N) is 1. The van der Waals surface area contributed by atoms with Gasteiger partial charge in [-0.2, -0.15) is 0 Å². The fourth-order valence-corrected chi connectivity index (χ4v) is 3.01. The number of anilines is 1. The minimum Gasteiger partial charge on any atom is -0.497 e. The molecule has 1 amide bonds. The van der Waals surface area contributed by atoms with E-state index in [-0.39, 0.29) is 12.5 Å². The van der Waals surface area contributed by atoms with Crippen molar-refractivity contribution in [3.8, 4) is 5.75 Å². The van der Waals surface area contributed by atoms with E-state index in [1.54, 1.807) is 7.11 Å². The van der Waals surface area contributed by atoms with Crippen LogP contribution in [0.5, 0.6) is 5.75 Å². The number of ether oxygens (including phenoxy) is 1. The summed E-state index contributed by atoms with van der Waals surface area (Å²) in [4.78, 5) is 16.7. The molecule has 3 aromatic carbocycles. The van der Waals surface area contributed by atoms with Crippen LogP contribution in [-0.4, -0.2) is 25.3 Å². The molecule has 0 aliphatic carbocycles. The minimum absolute atomic E-state index is 0.101. The molecule has 0 fully saturated rings. The molecule has 4 nitrogen and oxygen atoms in total. The molecule has 1 heterocycles. The van der Waals surface area contributed by atoms with Gasteiger partial charge in [0.25, 0.3) is 0 Å². The molecule has 0 saturated heterocycles. The second kappa shape index (κ2) is 5.81. The first-order chi connectivity index (χ1) is 11.8. The van der Waals surface area contributed by atoms with Crippen molar-refractivity contribution in [3.63, 3.8) is 0 Å². The molecular weight excluding hydrogens is 300 g/mol. The van der Waals surface area contributed by atoms with E-state index >= 15 is 0 Å². The van der Waals surface area contributed by atoms with Crippen LogP contribution in [0, 0.1) is 0 Å². The molecule has 1 aliphatic heterocycles. The Hall–Kier alpha value is -3.14. The number of hydrogen-bond acceptors (Lipinski definition) is 3. The summed E-state index contributed by atoms with van der Waals surface area (Å²) in [7, 11) is 1.64. The van der Waals surface area contributed by atoms with Gasteiger partial charge < -0.3 is 10.1 Å². The summed E-state index contributed by atoms with van der Waals surface area (Å²) in [5.74, 6) is 0.692. The Labute approximate surface area is 139 Å². The van der Waals surface area contributed by atoms with Gasteiger partial charge in [-0.3, -0.25) is 9.79 Å². The number of hydrogen-bond donors (Lipinski definition) is 1. The van der Waals surface area contributed by atoms with Crippen molar-refractivity contribution in [2.45, 2.75) is 0 Å². The first-order valence-corrected chi connectivity index (χ1v) is 7.77. The van der Waals surface area contributed by atoms with E-state index in [0.717, 1.165) is 39.0 Å². The summed E-state index contributed by atoms with van der Waals surface area (Å²) in [5, 5.41) is 5.12. The van der Waals surface area contributed by atoms with Crippen LogP contribution in [0.25, 0.3) is 10.8 Å². The predicted molar refractivity (Wildman–Crippen MR) is 96.1 cm³/mol. The van der Waals surface area contributed by atoms with Crippen molar-refractivity contribution in [2.75, 3.05) is 19.0 Å². The lowest BCUT2D eigenvalue weighted by molar-refractivity contribution is -0.114. The Kier molecular flexibility index (Phi) is 3.50. The Bertz CT molecular complexity index is 959. The molecule has 4 rings (SSSR count). The van der Waals surface area contributed by atoms with E-state index in [2.05, 4.69) is 16.4 Å². The van der Waals surface area contributed by atoms with E-state index in [1.807, 2.05) is 54.6 Å². The fraction of sp³-hybridized carbons (Fsp3) is 0.100. The number of carbonyl (C=O) groups excluding carboxylic acids is 1. The highest BCUT2D eigenvalue weighted by molar-refractivity contribution is 6.22. The standard InChI is InChI=1S/C20H16N2O2/c1-24-15-9-6-14(7-10-15)19-17-11-8-13-4-2-3-5-16(13)20(17)22-18(23)12-21-19/h2-11H,12H2,1H3,(H,22,23). The van der Waals surface area contributed by atoms with Crippen LogP contribution in [0.4, 0.5) is 5.69 Å². The molecule has 0 spiro atoms. The van der Waals surface area contributed by atoms with Crippen LogP contribution < -0.4 is 10.1 Å². The highest BCUT2D eigenvalue weighted by atomic mass is 16.5. The highest BCUT2D eigenvalue weighted by Crippen LogP contribution is 2.31. The van der Waals surface area contributed by atoms with Crippen molar-refractivity contribution < 1.29 is 9.53 Å². The predicted octanol–water partition coefficient (Wildman–Crippen LogP) is 3.64. The Morgan fingerprint density at radius 1 is 1.00 bits per heavy atom. The van der Waals surface area contributed by atoms with Gasteiger partial charge in [0.1, 0.15) is 12.3 Å². The lowest BCUT2D eigenvalue weighted by Crippen LogP contribution is -2.13. The minimum atomic E-state index is -0.101. The van der Waals surface area contributed by atoms with Crippen molar-refractivity contribution in [1.82, 2.24) is 0 Å². The van der Waals surface area contributed by atoms with E-state index in [1.165, 1.54) is 0 Å². The normalized spacial score (nSPS) is 13.7. The van der Waals surface area contributed by atoms with Crippen molar-refractivity contribution in [3.05, 3.63) is 71.8 Å². The van der Waals surface area contributed by atoms with Crippen molar-refractivity contribution in [1.29, 1.82) is 0 Å². The van der Waals surface area contributed by atoms with Gasteiger partial charge in [-0.1, -0.05) is 36.4 Å². The van der Waals surface area contributed by atoms with Crippen LogP contribution >= 0.6 is 0 Å². The molecule has 24 heavy (non-hydrogen) atoms. The van der Waals surface area contributed by atoms with Crippen LogP contribution in [0.1, 0.15) is 11.1 Å². The summed E-state index contributed by atoms with van der Waals surface area (Å²) >= 11 is 0. The second-order valence-electron chi connectivity index (χ2n) is 5.65. The van der Waals surface area contributed by atoms with E-state index in [4.69, 9.17) is 4.74 Å². The second-order valence-corrected chi connectivity index (χ2v) is 5.65. The van der Waals surface area contributed by atoms with Gasteiger partial charge in [-0.25, -0.2) is 0 Å². The molecule has 0 radical (unpaired) electrons. The lowest BCUT2D eigenvalue weighted by atomic mass is 9.96. The molecule has 118 valence electrons. The number of methoxy groups -OCH3 is 1. The zero-order chi connectivity index (χ0) is 16.5. The maximum atomic E-state index is 12.1. The number of carbonyl (C=O) groups is 1. The van der Waals surface area contributed by atoms with Crippen LogP contribution in [0.15, 0.2) is 65.7 Å². The number of aliphatic imine (C=N–C) groups is 1. The summed E-state index contributed by atoms with van der Waals surface area (Å²) in [5.41, 5.74) is 3.54. The SMILES string of the molecule is COc1ccc(C2=NCC(=O)Nc3c2ccc2ccccc32)cc1. The van der Waals surface area contributed by atoms with Crippen LogP contribution in [0.2, 0.25) is 0 Å². The molecule has 3 aromatic rings. The topological polar surface area (TPSA) is 50.7 Å². The van der Waals surface area contributed by atoms with Crippen molar-refractivity contribution in [2.24, 2.45) is 4.99 Å². The maximum absolute atomic E-state index is 12.1. The summed E-state index contributed by atoms with van der Waals surface area (Å²) in [6.45, 7) is 0.115. The first kappa shape index (κ1) is 14.5. The molecule has 4 heteroatoms. The zero-order valence-electron chi connectivity index (χ0n) is 13.2. The smallest absolute Gasteiger partial charge is 0.246 e. The number of rotatable bonds is 2. The number of fused-ring (bicyclic) bond motifs is 3. The molecule has 0 aromatic heterocycles. The molecule has 0 atom stereocenters. The third-order valence-corrected chi connectivity index (χ3v) is 4.19. The maximum Gasteiger partial charge on any atom is 0.246 e. The van der Waals surface area contributed by atoms with Gasteiger partial charge in [0, 0.05) is 16.5 Å². The Morgan fingerprint density at radius 2 is 1.79 bits per heavy atom. The molecular formula is C20H16N2O2. The van der Waals surface area contributed by atoms with E-state index in [9.17, 15) is 4.79 Å².